The summed E-state index contributed by atoms with van der Waals surface area (Å²) in [5.41, 5.74) is 1.15. The van der Waals surface area contributed by atoms with Gasteiger partial charge in [0.2, 0.25) is 0 Å². The van der Waals surface area contributed by atoms with Crippen LogP contribution in [-0.4, -0.2) is 11.9 Å². The van der Waals surface area contributed by atoms with Gasteiger partial charge in [0, 0.05) is 6.42 Å². The molecule has 0 aliphatic heterocycles. The lowest BCUT2D eigenvalue weighted by Gasteiger charge is -2.29. The Morgan fingerprint density at radius 1 is 1.21 bits per heavy atom. The van der Waals surface area contributed by atoms with Gasteiger partial charge in [-0.15, -0.1) is 0 Å². The molecule has 1 saturated carbocycles. The summed E-state index contributed by atoms with van der Waals surface area (Å²) < 4.78 is 5.97. The van der Waals surface area contributed by atoms with E-state index in [4.69, 9.17) is 4.74 Å². The molecule has 0 heterocycles. The van der Waals surface area contributed by atoms with Crippen LogP contribution in [0.15, 0.2) is 30.3 Å². The van der Waals surface area contributed by atoms with Crippen molar-refractivity contribution in [1.82, 2.24) is 0 Å². The van der Waals surface area contributed by atoms with Crippen molar-refractivity contribution < 1.29 is 9.53 Å². The molecule has 104 valence electrons. The van der Waals surface area contributed by atoms with Gasteiger partial charge in [0.15, 0.2) is 5.78 Å². The third kappa shape index (κ3) is 4.17. The van der Waals surface area contributed by atoms with Crippen LogP contribution in [0.25, 0.3) is 0 Å². The fourth-order valence-electron chi connectivity index (χ4n) is 2.89. The lowest BCUT2D eigenvalue weighted by molar-refractivity contribution is -0.136. The molecular formula is C17H24O2. The van der Waals surface area contributed by atoms with Crippen LogP contribution in [0.1, 0.15) is 51.0 Å². The predicted octanol–water partition coefficient (Wildman–Crippen LogP) is 4.13. The van der Waals surface area contributed by atoms with Gasteiger partial charge in [-0.2, -0.15) is 0 Å². The van der Waals surface area contributed by atoms with E-state index in [1.54, 1.807) is 0 Å². The van der Waals surface area contributed by atoms with Crippen LogP contribution in [0.2, 0.25) is 0 Å². The number of rotatable bonds is 6. The van der Waals surface area contributed by atoms with Crippen molar-refractivity contribution in [2.45, 2.75) is 58.2 Å². The molecule has 1 fully saturated rings. The molecule has 2 heteroatoms. The van der Waals surface area contributed by atoms with E-state index in [0.29, 0.717) is 18.9 Å². The van der Waals surface area contributed by atoms with Gasteiger partial charge in [-0.1, -0.05) is 56.5 Å². The van der Waals surface area contributed by atoms with Gasteiger partial charge in [-0.05, 0) is 24.3 Å². The summed E-state index contributed by atoms with van der Waals surface area (Å²) >= 11 is 0. The summed E-state index contributed by atoms with van der Waals surface area (Å²) in [6.07, 6.45) is 6.47. The Bertz CT molecular complexity index is 380. The number of ketones is 1. The first-order chi connectivity index (χ1) is 9.31. The zero-order valence-electron chi connectivity index (χ0n) is 11.8. The molecule has 0 saturated heterocycles. The second kappa shape index (κ2) is 7.44. The zero-order chi connectivity index (χ0) is 13.5. The molecule has 1 aliphatic carbocycles. The van der Waals surface area contributed by atoms with E-state index >= 15 is 0 Å². The maximum atomic E-state index is 12.1. The van der Waals surface area contributed by atoms with Crippen LogP contribution in [-0.2, 0) is 16.1 Å². The van der Waals surface area contributed by atoms with Crippen molar-refractivity contribution in [3.8, 4) is 0 Å². The maximum absolute atomic E-state index is 12.1. The molecule has 0 bridgehead atoms. The molecule has 19 heavy (non-hydrogen) atoms. The van der Waals surface area contributed by atoms with E-state index in [1.165, 1.54) is 19.3 Å². The van der Waals surface area contributed by atoms with Crippen LogP contribution in [0.5, 0.6) is 0 Å². The van der Waals surface area contributed by atoms with Crippen molar-refractivity contribution >= 4 is 5.78 Å². The van der Waals surface area contributed by atoms with E-state index in [-0.39, 0.29) is 11.9 Å². The van der Waals surface area contributed by atoms with E-state index in [9.17, 15) is 4.79 Å². The second-order valence-corrected chi connectivity index (χ2v) is 5.44. The van der Waals surface area contributed by atoms with Crippen LogP contribution in [0, 0.1) is 5.92 Å². The minimum absolute atomic E-state index is 0.189. The summed E-state index contributed by atoms with van der Waals surface area (Å²) in [4.78, 5) is 12.1. The minimum Gasteiger partial charge on any atom is -0.365 e. The standard InChI is InChI=1S/C17H24O2/c1-2-16(18)17(15-11-7-4-8-12-15)19-13-14-9-5-3-6-10-14/h3,5-6,9-10,15,17H,2,4,7-8,11-13H2,1H3. The van der Waals surface area contributed by atoms with Crippen molar-refractivity contribution in [3.05, 3.63) is 35.9 Å². The molecule has 0 N–H and O–H groups in total. The predicted molar refractivity (Wildman–Crippen MR) is 76.9 cm³/mol. The first-order valence-electron chi connectivity index (χ1n) is 7.49. The highest BCUT2D eigenvalue weighted by Gasteiger charge is 2.29. The van der Waals surface area contributed by atoms with Gasteiger partial charge in [0.1, 0.15) is 6.10 Å². The van der Waals surface area contributed by atoms with Gasteiger partial charge in [0.25, 0.3) is 0 Å². The average Bonchev–Trinajstić information content (AvgIpc) is 2.49. The Morgan fingerprint density at radius 2 is 1.89 bits per heavy atom. The molecule has 1 atom stereocenters. The quantitative estimate of drug-likeness (QED) is 0.768. The Kier molecular flexibility index (Phi) is 5.59. The van der Waals surface area contributed by atoms with E-state index < -0.39 is 0 Å². The SMILES string of the molecule is CCC(=O)C(OCc1ccccc1)C1CCCCC1. The summed E-state index contributed by atoms with van der Waals surface area (Å²) in [7, 11) is 0. The Labute approximate surface area is 116 Å². The molecule has 0 spiro atoms. The lowest BCUT2D eigenvalue weighted by atomic mass is 9.83. The summed E-state index contributed by atoms with van der Waals surface area (Å²) in [5, 5.41) is 0. The fourth-order valence-corrected chi connectivity index (χ4v) is 2.89. The van der Waals surface area contributed by atoms with Gasteiger partial charge in [-0.3, -0.25) is 4.79 Å². The first-order valence-corrected chi connectivity index (χ1v) is 7.49. The fraction of sp³-hybridized carbons (Fsp3) is 0.588. The van der Waals surface area contributed by atoms with Crippen LogP contribution >= 0.6 is 0 Å². The molecule has 2 nitrogen and oxygen atoms in total. The smallest absolute Gasteiger partial charge is 0.161 e. The highest BCUT2D eigenvalue weighted by molar-refractivity contribution is 5.83. The number of hydrogen-bond donors (Lipinski definition) is 0. The molecule has 0 aromatic heterocycles. The maximum Gasteiger partial charge on any atom is 0.161 e. The second-order valence-electron chi connectivity index (χ2n) is 5.44. The summed E-state index contributed by atoms with van der Waals surface area (Å²) in [5.74, 6) is 0.702. The third-order valence-electron chi connectivity index (χ3n) is 4.02. The van der Waals surface area contributed by atoms with Crippen molar-refractivity contribution in [2.24, 2.45) is 5.92 Å². The highest BCUT2D eigenvalue weighted by Crippen LogP contribution is 2.29. The molecule has 1 aromatic rings. The van der Waals surface area contributed by atoms with Crippen LogP contribution in [0.3, 0.4) is 0 Å². The average molecular weight is 260 g/mol. The monoisotopic (exact) mass is 260 g/mol. The Balaban J connectivity index is 1.95. The Morgan fingerprint density at radius 3 is 2.53 bits per heavy atom. The number of carbonyl (C=O) groups is 1. The van der Waals surface area contributed by atoms with Crippen LogP contribution in [0.4, 0.5) is 0 Å². The Hall–Kier alpha value is -1.15. The first kappa shape index (κ1) is 14.3. The topological polar surface area (TPSA) is 26.3 Å². The summed E-state index contributed by atoms with van der Waals surface area (Å²) in [6, 6.07) is 10.1. The third-order valence-corrected chi connectivity index (χ3v) is 4.02. The van der Waals surface area contributed by atoms with Gasteiger partial charge in [0.05, 0.1) is 6.61 Å². The number of hydrogen-bond acceptors (Lipinski definition) is 2. The molecule has 0 amide bonds. The zero-order valence-corrected chi connectivity index (χ0v) is 11.8. The molecular weight excluding hydrogens is 236 g/mol. The van der Waals surface area contributed by atoms with E-state index in [1.807, 2.05) is 37.3 Å². The normalized spacial score (nSPS) is 18.2. The molecule has 0 radical (unpaired) electrons. The van der Waals surface area contributed by atoms with Crippen molar-refractivity contribution in [1.29, 1.82) is 0 Å². The number of benzene rings is 1. The van der Waals surface area contributed by atoms with E-state index in [2.05, 4.69) is 0 Å². The number of carbonyl (C=O) groups excluding carboxylic acids is 1. The number of Topliss-reactive ketones (excluding diaryl/α,β-unsaturated/α-hetero) is 1. The molecule has 1 unspecified atom stereocenters. The van der Waals surface area contributed by atoms with Crippen molar-refractivity contribution in [3.63, 3.8) is 0 Å². The lowest BCUT2D eigenvalue weighted by Crippen LogP contribution is -2.33. The molecule has 2 rings (SSSR count). The minimum atomic E-state index is -0.189. The highest BCUT2D eigenvalue weighted by atomic mass is 16.5. The molecule has 1 aliphatic rings. The van der Waals surface area contributed by atoms with Gasteiger partial charge in [-0.25, -0.2) is 0 Å². The largest absolute Gasteiger partial charge is 0.365 e. The van der Waals surface area contributed by atoms with Gasteiger partial charge < -0.3 is 4.74 Å². The number of ether oxygens (including phenoxy) is 1. The van der Waals surface area contributed by atoms with Gasteiger partial charge >= 0.3 is 0 Å². The molecule has 1 aromatic carbocycles. The van der Waals surface area contributed by atoms with E-state index in [0.717, 1.165) is 18.4 Å². The van der Waals surface area contributed by atoms with Crippen molar-refractivity contribution in [2.75, 3.05) is 0 Å². The van der Waals surface area contributed by atoms with Crippen LogP contribution < -0.4 is 0 Å². The summed E-state index contributed by atoms with van der Waals surface area (Å²) in [6.45, 7) is 2.48.